The fourth-order valence-electron chi connectivity index (χ4n) is 9.40. The highest BCUT2D eigenvalue weighted by molar-refractivity contribution is 5.10. The van der Waals surface area contributed by atoms with Crippen LogP contribution in [0, 0.1) is 46.3 Å². The molecule has 0 saturated heterocycles. The van der Waals surface area contributed by atoms with Crippen molar-refractivity contribution in [1.29, 1.82) is 0 Å². The third kappa shape index (κ3) is 3.63. The molecule has 0 aromatic heterocycles. The highest BCUT2D eigenvalue weighted by Gasteiger charge is 2.61. The van der Waals surface area contributed by atoms with Crippen molar-refractivity contribution in [3.05, 3.63) is 0 Å². The first kappa shape index (κ1) is 22.1. The number of fused-ring (bicyclic) bond motifs is 5. The molecule has 0 radical (unpaired) electrons. The second-order valence-electron chi connectivity index (χ2n) is 12.4. The van der Waals surface area contributed by atoms with E-state index in [0.29, 0.717) is 17.4 Å². The van der Waals surface area contributed by atoms with Gasteiger partial charge in [0.05, 0.1) is 5.60 Å². The topological polar surface area (TPSA) is 40.5 Å². The van der Waals surface area contributed by atoms with Crippen LogP contribution in [0.2, 0.25) is 0 Å². The predicted molar refractivity (Wildman–Crippen MR) is 121 cm³/mol. The van der Waals surface area contributed by atoms with Gasteiger partial charge < -0.3 is 10.2 Å². The van der Waals surface area contributed by atoms with E-state index >= 15 is 0 Å². The van der Waals surface area contributed by atoms with Gasteiger partial charge in [0, 0.05) is 6.61 Å². The lowest BCUT2D eigenvalue weighted by Gasteiger charge is -2.62. The lowest BCUT2D eigenvalue weighted by Crippen LogP contribution is -2.56. The molecule has 0 aliphatic heterocycles. The molecule has 9 atom stereocenters. The van der Waals surface area contributed by atoms with Crippen LogP contribution in [-0.4, -0.2) is 22.4 Å². The van der Waals surface area contributed by atoms with Crippen LogP contribution in [0.25, 0.3) is 0 Å². The zero-order valence-corrected chi connectivity index (χ0v) is 19.8. The zero-order chi connectivity index (χ0) is 20.9. The highest BCUT2D eigenvalue weighted by atomic mass is 16.3. The molecule has 0 unspecified atom stereocenters. The molecule has 2 nitrogen and oxygen atoms in total. The summed E-state index contributed by atoms with van der Waals surface area (Å²) in [5.74, 6) is 5.25. The van der Waals surface area contributed by atoms with Crippen LogP contribution in [0.15, 0.2) is 0 Å². The third-order valence-electron chi connectivity index (χ3n) is 11.3. The Balaban J connectivity index is 1.48. The minimum atomic E-state index is -0.372. The first-order chi connectivity index (χ1) is 13.8. The number of aliphatic hydroxyl groups is 2. The molecule has 4 rings (SSSR count). The smallest absolute Gasteiger partial charge is 0.0648 e. The molecule has 4 aliphatic carbocycles. The molecule has 0 heterocycles. The maximum atomic E-state index is 11.0. The van der Waals surface area contributed by atoms with Gasteiger partial charge in [-0.2, -0.15) is 0 Å². The Morgan fingerprint density at radius 3 is 2.38 bits per heavy atom. The number of aliphatic hydroxyl groups excluding tert-OH is 1. The Kier molecular flexibility index (Phi) is 6.19. The van der Waals surface area contributed by atoms with Crippen molar-refractivity contribution >= 4 is 0 Å². The van der Waals surface area contributed by atoms with Gasteiger partial charge in [0.15, 0.2) is 0 Å². The van der Waals surface area contributed by atoms with Gasteiger partial charge in [0.2, 0.25) is 0 Å². The Hall–Kier alpha value is -0.0800. The number of hydrogen-bond donors (Lipinski definition) is 2. The largest absolute Gasteiger partial charge is 0.396 e. The molecule has 0 amide bonds. The van der Waals surface area contributed by atoms with Crippen LogP contribution in [0.4, 0.5) is 0 Å². The molecule has 0 bridgehead atoms. The van der Waals surface area contributed by atoms with Crippen LogP contribution < -0.4 is 0 Å². The van der Waals surface area contributed by atoms with E-state index in [9.17, 15) is 5.11 Å². The average molecular weight is 405 g/mol. The molecule has 0 aromatic carbocycles. The Morgan fingerprint density at radius 2 is 1.66 bits per heavy atom. The summed E-state index contributed by atoms with van der Waals surface area (Å²) in [5, 5.41) is 20.2. The maximum Gasteiger partial charge on any atom is 0.0648 e. The Bertz CT molecular complexity index is 575. The monoisotopic (exact) mass is 404 g/mol. The summed E-state index contributed by atoms with van der Waals surface area (Å²) in [6.07, 6.45) is 16.3. The Morgan fingerprint density at radius 1 is 0.897 bits per heavy atom. The van der Waals surface area contributed by atoms with Gasteiger partial charge in [0.25, 0.3) is 0 Å². The zero-order valence-electron chi connectivity index (χ0n) is 19.8. The third-order valence-corrected chi connectivity index (χ3v) is 11.3. The van der Waals surface area contributed by atoms with Gasteiger partial charge in [0.1, 0.15) is 0 Å². The fourth-order valence-corrected chi connectivity index (χ4v) is 9.40. The van der Waals surface area contributed by atoms with Crippen molar-refractivity contribution in [2.24, 2.45) is 46.3 Å². The maximum absolute atomic E-state index is 11.0. The second-order valence-corrected chi connectivity index (χ2v) is 12.4. The van der Waals surface area contributed by atoms with E-state index in [4.69, 9.17) is 5.11 Å². The van der Waals surface area contributed by atoms with Crippen molar-refractivity contribution < 1.29 is 10.2 Å². The first-order valence-electron chi connectivity index (χ1n) is 13.1. The van der Waals surface area contributed by atoms with Crippen LogP contribution >= 0.6 is 0 Å². The van der Waals surface area contributed by atoms with Gasteiger partial charge in [-0.25, -0.2) is 0 Å². The molecular weight excluding hydrogens is 356 g/mol. The van der Waals surface area contributed by atoms with Crippen molar-refractivity contribution in [2.75, 3.05) is 6.61 Å². The van der Waals surface area contributed by atoms with Gasteiger partial charge in [-0.1, -0.05) is 40.5 Å². The van der Waals surface area contributed by atoms with E-state index in [1.54, 1.807) is 0 Å². The van der Waals surface area contributed by atoms with E-state index in [1.807, 2.05) is 0 Å². The summed E-state index contributed by atoms with van der Waals surface area (Å²) in [7, 11) is 0. The molecule has 4 fully saturated rings. The van der Waals surface area contributed by atoms with Crippen LogP contribution in [0.1, 0.15) is 111 Å². The molecule has 0 aromatic rings. The number of hydrogen-bond acceptors (Lipinski definition) is 2. The van der Waals surface area contributed by atoms with E-state index in [0.717, 1.165) is 61.2 Å². The van der Waals surface area contributed by atoms with Crippen molar-refractivity contribution in [3.8, 4) is 0 Å². The molecule has 29 heavy (non-hydrogen) atoms. The standard InChI is InChI=1S/C27H48O2/c1-5-27(29)16-15-25(3)20(18-27)9-10-21-23-12-11-22(19(2)8-6-7-17-28)26(23,4)14-13-24(21)25/h19-24,28-29H,5-18H2,1-4H3/t19-,20+,21+,22-,23+,24+,25+,26-,27+/m1/s1. The molecular formula is C27H48O2. The van der Waals surface area contributed by atoms with E-state index in [2.05, 4.69) is 27.7 Å². The van der Waals surface area contributed by atoms with Gasteiger partial charge in [-0.3, -0.25) is 0 Å². The van der Waals surface area contributed by atoms with Gasteiger partial charge >= 0.3 is 0 Å². The summed E-state index contributed by atoms with van der Waals surface area (Å²) >= 11 is 0. The number of rotatable bonds is 6. The minimum Gasteiger partial charge on any atom is -0.396 e. The molecule has 0 spiro atoms. The highest BCUT2D eigenvalue weighted by Crippen LogP contribution is 2.69. The molecule has 4 saturated carbocycles. The minimum absolute atomic E-state index is 0.355. The van der Waals surface area contributed by atoms with Gasteiger partial charge in [-0.15, -0.1) is 0 Å². The second kappa shape index (κ2) is 8.12. The van der Waals surface area contributed by atoms with E-state index < -0.39 is 0 Å². The van der Waals surface area contributed by atoms with E-state index in [1.165, 1.54) is 57.8 Å². The van der Waals surface area contributed by atoms with Crippen LogP contribution in [0.3, 0.4) is 0 Å². The quantitative estimate of drug-likeness (QED) is 0.491. The molecule has 2 N–H and O–H groups in total. The fraction of sp³-hybridized carbons (Fsp3) is 1.00. The lowest BCUT2D eigenvalue weighted by atomic mass is 9.43. The normalized spacial score (nSPS) is 50.5. The van der Waals surface area contributed by atoms with Gasteiger partial charge in [-0.05, 0) is 117 Å². The SMILES string of the molecule is CC[C@]1(O)CC[C@@]2(C)[C@@H](CC[C@@H]3[C@@H]2CC[C@]2(C)[C@@H]([C@H](C)CCCCO)CC[C@@H]32)C1. The summed E-state index contributed by atoms with van der Waals surface area (Å²) in [5.41, 5.74) is 0.668. The van der Waals surface area contributed by atoms with E-state index in [-0.39, 0.29) is 5.60 Å². The Labute approximate surface area is 180 Å². The van der Waals surface area contributed by atoms with Crippen LogP contribution in [0.5, 0.6) is 0 Å². The van der Waals surface area contributed by atoms with Crippen molar-refractivity contribution in [3.63, 3.8) is 0 Å². The summed E-state index contributed by atoms with van der Waals surface area (Å²) in [4.78, 5) is 0. The lowest BCUT2D eigenvalue weighted by molar-refractivity contribution is -0.152. The van der Waals surface area contributed by atoms with Crippen molar-refractivity contribution in [1.82, 2.24) is 0 Å². The summed E-state index contributed by atoms with van der Waals surface area (Å²) < 4.78 is 0. The summed E-state index contributed by atoms with van der Waals surface area (Å²) in [6, 6.07) is 0. The molecule has 168 valence electrons. The van der Waals surface area contributed by atoms with Crippen LogP contribution in [-0.2, 0) is 0 Å². The van der Waals surface area contributed by atoms with Crippen molar-refractivity contribution in [2.45, 2.75) is 117 Å². The predicted octanol–water partition coefficient (Wildman–Crippen LogP) is 6.59. The number of unbranched alkanes of at least 4 members (excludes halogenated alkanes) is 1. The average Bonchev–Trinajstić information content (AvgIpc) is 3.06. The summed E-state index contributed by atoms with van der Waals surface area (Å²) in [6.45, 7) is 10.3. The first-order valence-corrected chi connectivity index (χ1v) is 13.1. The molecule has 4 aliphatic rings. The molecule has 2 heteroatoms.